The molecule has 0 unspecified atom stereocenters. The largest absolute Gasteiger partial charge is 0.387 e. The van der Waals surface area contributed by atoms with Gasteiger partial charge in [-0.05, 0) is 6.42 Å². The highest BCUT2D eigenvalue weighted by Gasteiger charge is 2.39. The molecule has 12 heavy (non-hydrogen) atoms. The first-order valence-electron chi connectivity index (χ1n) is 4.34. The fourth-order valence-electron chi connectivity index (χ4n) is 1.76. The lowest BCUT2D eigenvalue weighted by Gasteiger charge is -2.46. The van der Waals surface area contributed by atoms with E-state index in [1.165, 1.54) is 0 Å². The molecule has 0 bridgehead atoms. The first kappa shape index (κ1) is 10.0. The van der Waals surface area contributed by atoms with E-state index in [4.69, 9.17) is 11.6 Å². The summed E-state index contributed by atoms with van der Waals surface area (Å²) in [6, 6.07) is 0. The standard InChI is InChI=1S/C9H16ClNO/c1-3-4-9(12)6-11(7-9)5-8(2)10/h12H,2-7H2,1H3. The maximum atomic E-state index is 9.78. The Balaban J connectivity index is 2.22. The molecular weight excluding hydrogens is 174 g/mol. The number of likely N-dealkylation sites (tertiary alicyclic amines) is 1. The van der Waals surface area contributed by atoms with E-state index in [0.29, 0.717) is 11.6 Å². The maximum absolute atomic E-state index is 9.78. The van der Waals surface area contributed by atoms with Crippen molar-refractivity contribution in [1.29, 1.82) is 0 Å². The van der Waals surface area contributed by atoms with Gasteiger partial charge < -0.3 is 5.11 Å². The van der Waals surface area contributed by atoms with Gasteiger partial charge in [-0.15, -0.1) is 0 Å². The third kappa shape index (κ3) is 2.47. The number of hydrogen-bond acceptors (Lipinski definition) is 2. The zero-order valence-electron chi connectivity index (χ0n) is 7.52. The van der Waals surface area contributed by atoms with Gasteiger partial charge in [0.1, 0.15) is 0 Å². The van der Waals surface area contributed by atoms with Crippen molar-refractivity contribution in [2.24, 2.45) is 0 Å². The minimum Gasteiger partial charge on any atom is -0.387 e. The minimum absolute atomic E-state index is 0.443. The molecule has 1 rings (SSSR count). The summed E-state index contributed by atoms with van der Waals surface area (Å²) in [7, 11) is 0. The van der Waals surface area contributed by atoms with Gasteiger partial charge in [-0.2, -0.15) is 0 Å². The van der Waals surface area contributed by atoms with Crippen molar-refractivity contribution in [3.8, 4) is 0 Å². The van der Waals surface area contributed by atoms with E-state index < -0.39 is 5.60 Å². The highest BCUT2D eigenvalue weighted by molar-refractivity contribution is 6.29. The van der Waals surface area contributed by atoms with Crippen LogP contribution in [0.15, 0.2) is 11.6 Å². The number of rotatable bonds is 4. The van der Waals surface area contributed by atoms with Crippen LogP contribution in [-0.2, 0) is 0 Å². The highest BCUT2D eigenvalue weighted by atomic mass is 35.5. The quantitative estimate of drug-likeness (QED) is 0.726. The topological polar surface area (TPSA) is 23.5 Å². The average Bonchev–Trinajstić information content (AvgIpc) is 1.83. The van der Waals surface area contributed by atoms with Crippen LogP contribution in [-0.4, -0.2) is 35.2 Å². The zero-order valence-corrected chi connectivity index (χ0v) is 8.27. The van der Waals surface area contributed by atoms with Crippen molar-refractivity contribution in [2.75, 3.05) is 19.6 Å². The first-order valence-corrected chi connectivity index (χ1v) is 4.71. The van der Waals surface area contributed by atoms with Gasteiger partial charge in [0.05, 0.1) is 5.60 Å². The van der Waals surface area contributed by atoms with Crippen molar-refractivity contribution in [1.82, 2.24) is 4.90 Å². The van der Waals surface area contributed by atoms with Crippen LogP contribution in [0.3, 0.4) is 0 Å². The molecule has 1 fully saturated rings. The van der Waals surface area contributed by atoms with Gasteiger partial charge in [0.25, 0.3) is 0 Å². The predicted molar refractivity (Wildman–Crippen MR) is 51.3 cm³/mol. The van der Waals surface area contributed by atoms with Crippen molar-refractivity contribution < 1.29 is 5.11 Å². The summed E-state index contributed by atoms with van der Waals surface area (Å²) in [6.07, 6.45) is 1.92. The first-order chi connectivity index (χ1) is 5.56. The lowest BCUT2D eigenvalue weighted by molar-refractivity contribution is -0.0981. The fourth-order valence-corrected chi connectivity index (χ4v) is 1.93. The van der Waals surface area contributed by atoms with Crippen LogP contribution in [0.1, 0.15) is 19.8 Å². The molecule has 1 heterocycles. The fraction of sp³-hybridized carbons (Fsp3) is 0.778. The Bertz CT molecular complexity index is 175. The number of hydrogen-bond donors (Lipinski definition) is 1. The monoisotopic (exact) mass is 189 g/mol. The SMILES string of the molecule is C=C(Cl)CN1CC(O)(CCC)C1. The molecule has 0 spiro atoms. The van der Waals surface area contributed by atoms with E-state index in [1.807, 2.05) is 0 Å². The predicted octanol–water partition coefficient (Wildman–Crippen LogP) is 1.59. The van der Waals surface area contributed by atoms with Crippen LogP contribution < -0.4 is 0 Å². The second-order valence-electron chi connectivity index (χ2n) is 3.64. The third-order valence-corrected chi connectivity index (χ3v) is 2.27. The smallest absolute Gasteiger partial charge is 0.0900 e. The van der Waals surface area contributed by atoms with E-state index in [9.17, 15) is 5.11 Å². The zero-order chi connectivity index (χ0) is 9.19. The van der Waals surface area contributed by atoms with E-state index in [2.05, 4.69) is 18.4 Å². The average molecular weight is 190 g/mol. The molecule has 1 aliphatic rings. The third-order valence-electron chi connectivity index (χ3n) is 2.15. The van der Waals surface area contributed by atoms with Crippen molar-refractivity contribution >= 4 is 11.6 Å². The van der Waals surface area contributed by atoms with E-state index >= 15 is 0 Å². The van der Waals surface area contributed by atoms with Crippen molar-refractivity contribution in [3.05, 3.63) is 11.6 Å². The Labute approximate surface area is 78.8 Å². The molecule has 0 aromatic carbocycles. The van der Waals surface area contributed by atoms with Crippen molar-refractivity contribution in [2.45, 2.75) is 25.4 Å². The van der Waals surface area contributed by atoms with Crippen LogP contribution in [0, 0.1) is 0 Å². The molecule has 0 aliphatic carbocycles. The summed E-state index contributed by atoms with van der Waals surface area (Å²) in [5.74, 6) is 0. The van der Waals surface area contributed by atoms with E-state index in [0.717, 1.165) is 25.9 Å². The summed E-state index contributed by atoms with van der Waals surface area (Å²) >= 11 is 5.64. The summed E-state index contributed by atoms with van der Waals surface area (Å²) in [6.45, 7) is 7.88. The van der Waals surface area contributed by atoms with Crippen LogP contribution >= 0.6 is 11.6 Å². The molecule has 2 nitrogen and oxygen atoms in total. The minimum atomic E-state index is -0.443. The Kier molecular flexibility index (Phi) is 3.16. The van der Waals surface area contributed by atoms with Gasteiger partial charge in [0, 0.05) is 24.7 Å². The van der Waals surface area contributed by atoms with Gasteiger partial charge in [-0.25, -0.2) is 0 Å². The molecule has 3 heteroatoms. The number of aliphatic hydroxyl groups is 1. The Morgan fingerprint density at radius 2 is 2.25 bits per heavy atom. The second kappa shape index (κ2) is 3.77. The molecule has 1 N–H and O–H groups in total. The summed E-state index contributed by atoms with van der Waals surface area (Å²) < 4.78 is 0. The molecule has 0 amide bonds. The molecule has 0 aromatic rings. The van der Waals surface area contributed by atoms with Crippen LogP contribution in [0.5, 0.6) is 0 Å². The highest BCUT2D eigenvalue weighted by Crippen LogP contribution is 2.26. The van der Waals surface area contributed by atoms with E-state index in [-0.39, 0.29) is 0 Å². The molecular formula is C9H16ClNO. The lowest BCUT2D eigenvalue weighted by atomic mass is 9.89. The summed E-state index contributed by atoms with van der Waals surface area (Å²) in [5, 5.41) is 10.4. The summed E-state index contributed by atoms with van der Waals surface area (Å²) in [5.41, 5.74) is -0.443. The normalized spacial score (nSPS) is 21.9. The molecule has 0 radical (unpaired) electrons. The maximum Gasteiger partial charge on any atom is 0.0900 e. The molecule has 0 saturated carbocycles. The van der Waals surface area contributed by atoms with Crippen LogP contribution in [0.25, 0.3) is 0 Å². The summed E-state index contributed by atoms with van der Waals surface area (Å²) in [4.78, 5) is 2.10. The molecule has 70 valence electrons. The van der Waals surface area contributed by atoms with Gasteiger partial charge in [0.2, 0.25) is 0 Å². The van der Waals surface area contributed by atoms with Gasteiger partial charge in [-0.3, -0.25) is 4.90 Å². The number of halogens is 1. The second-order valence-corrected chi connectivity index (χ2v) is 4.17. The lowest BCUT2D eigenvalue weighted by Crippen LogP contribution is -2.61. The van der Waals surface area contributed by atoms with Gasteiger partial charge in [0.15, 0.2) is 0 Å². The number of β-amino-alcohol motifs (C(OH)–C–C–N with tert-alkyl or cyclic N) is 1. The van der Waals surface area contributed by atoms with Crippen LogP contribution in [0.2, 0.25) is 0 Å². The Morgan fingerprint density at radius 3 is 2.67 bits per heavy atom. The van der Waals surface area contributed by atoms with Gasteiger partial charge >= 0.3 is 0 Å². The van der Waals surface area contributed by atoms with Gasteiger partial charge in [-0.1, -0.05) is 31.5 Å². The Hall–Kier alpha value is -0.0500. The Morgan fingerprint density at radius 1 is 1.67 bits per heavy atom. The molecule has 0 aromatic heterocycles. The molecule has 1 saturated heterocycles. The number of nitrogens with zero attached hydrogens (tertiary/aromatic N) is 1. The molecule has 0 atom stereocenters. The van der Waals surface area contributed by atoms with Crippen molar-refractivity contribution in [3.63, 3.8) is 0 Å². The van der Waals surface area contributed by atoms with E-state index in [1.54, 1.807) is 0 Å². The van der Waals surface area contributed by atoms with Crippen LogP contribution in [0.4, 0.5) is 0 Å². The molecule has 1 aliphatic heterocycles.